The summed E-state index contributed by atoms with van der Waals surface area (Å²) in [6, 6.07) is 6.32. The van der Waals surface area contributed by atoms with Crippen LogP contribution in [0.2, 0.25) is 0 Å². The van der Waals surface area contributed by atoms with Crippen molar-refractivity contribution < 1.29 is 14.7 Å². The van der Waals surface area contributed by atoms with Crippen LogP contribution in [0.1, 0.15) is 19.4 Å². The Hall–Kier alpha value is -2.14. The van der Waals surface area contributed by atoms with Gasteiger partial charge in [0.2, 0.25) is 5.91 Å². The zero-order valence-electron chi connectivity index (χ0n) is 11.0. The second kappa shape index (κ2) is 6.70. The van der Waals surface area contributed by atoms with Gasteiger partial charge < -0.3 is 16.2 Å². The molecule has 5 nitrogen and oxygen atoms in total. The SMILES string of the molecule is CC(C)C(N)C(=O)Nc1cccc(/C=C/C(=O)O)c1. The number of carboxylic acid groups (broad SMARTS) is 1. The van der Waals surface area contributed by atoms with E-state index in [1.54, 1.807) is 24.3 Å². The van der Waals surface area contributed by atoms with Crippen molar-refractivity contribution >= 4 is 23.6 Å². The summed E-state index contributed by atoms with van der Waals surface area (Å²) in [6.07, 6.45) is 2.50. The molecule has 1 atom stereocenters. The molecule has 0 radical (unpaired) electrons. The van der Waals surface area contributed by atoms with E-state index in [1.807, 2.05) is 13.8 Å². The van der Waals surface area contributed by atoms with Crippen LogP contribution in [-0.2, 0) is 9.59 Å². The van der Waals surface area contributed by atoms with Crippen LogP contribution in [0.4, 0.5) is 5.69 Å². The lowest BCUT2D eigenvalue weighted by atomic mass is 10.0. The van der Waals surface area contributed by atoms with Crippen molar-refractivity contribution in [2.45, 2.75) is 19.9 Å². The van der Waals surface area contributed by atoms with Crippen LogP contribution in [0.25, 0.3) is 6.08 Å². The highest BCUT2D eigenvalue weighted by molar-refractivity contribution is 5.95. The summed E-state index contributed by atoms with van der Waals surface area (Å²) < 4.78 is 0. The molecule has 1 amide bonds. The molecule has 102 valence electrons. The maximum absolute atomic E-state index is 11.8. The summed E-state index contributed by atoms with van der Waals surface area (Å²) in [5.41, 5.74) is 7.02. The number of benzene rings is 1. The standard InChI is InChI=1S/C14H18N2O3/c1-9(2)13(15)14(19)16-11-5-3-4-10(8-11)6-7-12(17)18/h3-9,13H,15H2,1-2H3,(H,16,19)(H,17,18)/b7-6+. The zero-order chi connectivity index (χ0) is 14.4. The van der Waals surface area contributed by atoms with Crippen LogP contribution in [0, 0.1) is 5.92 Å². The third-order valence-electron chi connectivity index (χ3n) is 2.59. The molecule has 0 aliphatic carbocycles. The third-order valence-corrected chi connectivity index (χ3v) is 2.59. The van der Waals surface area contributed by atoms with Gasteiger partial charge in [-0.3, -0.25) is 4.79 Å². The van der Waals surface area contributed by atoms with E-state index in [-0.39, 0.29) is 11.8 Å². The summed E-state index contributed by atoms with van der Waals surface area (Å²) in [4.78, 5) is 22.2. The maximum atomic E-state index is 11.8. The summed E-state index contributed by atoms with van der Waals surface area (Å²) in [7, 11) is 0. The van der Waals surface area contributed by atoms with Crippen molar-refractivity contribution in [1.29, 1.82) is 0 Å². The van der Waals surface area contributed by atoms with E-state index in [1.165, 1.54) is 6.08 Å². The number of rotatable bonds is 5. The van der Waals surface area contributed by atoms with Gasteiger partial charge in [0.15, 0.2) is 0 Å². The van der Waals surface area contributed by atoms with Crippen molar-refractivity contribution in [3.05, 3.63) is 35.9 Å². The van der Waals surface area contributed by atoms with Gasteiger partial charge in [0, 0.05) is 11.8 Å². The first-order chi connectivity index (χ1) is 8.90. The highest BCUT2D eigenvalue weighted by Gasteiger charge is 2.16. The molecule has 1 unspecified atom stereocenters. The molecule has 1 aromatic rings. The van der Waals surface area contributed by atoms with Crippen LogP contribution in [0.15, 0.2) is 30.3 Å². The first-order valence-electron chi connectivity index (χ1n) is 5.97. The minimum Gasteiger partial charge on any atom is -0.478 e. The van der Waals surface area contributed by atoms with Gasteiger partial charge in [0.1, 0.15) is 0 Å². The summed E-state index contributed by atoms with van der Waals surface area (Å²) in [6.45, 7) is 3.74. The van der Waals surface area contributed by atoms with Crippen molar-refractivity contribution in [3.8, 4) is 0 Å². The van der Waals surface area contributed by atoms with Gasteiger partial charge >= 0.3 is 5.97 Å². The van der Waals surface area contributed by atoms with E-state index in [4.69, 9.17) is 10.8 Å². The second-order valence-corrected chi connectivity index (χ2v) is 4.56. The molecule has 0 heterocycles. The molecule has 0 aromatic heterocycles. The number of nitrogens with one attached hydrogen (secondary N) is 1. The largest absolute Gasteiger partial charge is 0.478 e. The van der Waals surface area contributed by atoms with E-state index in [9.17, 15) is 9.59 Å². The highest BCUT2D eigenvalue weighted by atomic mass is 16.4. The molecule has 0 fully saturated rings. The topological polar surface area (TPSA) is 92.4 Å². The number of hydrogen-bond acceptors (Lipinski definition) is 3. The molecule has 5 heteroatoms. The molecule has 0 aliphatic heterocycles. The Labute approximate surface area is 112 Å². The molecule has 0 spiro atoms. The van der Waals surface area contributed by atoms with Crippen LogP contribution in [0.5, 0.6) is 0 Å². The summed E-state index contributed by atoms with van der Waals surface area (Å²) in [5.74, 6) is -1.22. The molecule has 19 heavy (non-hydrogen) atoms. The molecule has 4 N–H and O–H groups in total. The Morgan fingerprint density at radius 3 is 2.63 bits per heavy atom. The van der Waals surface area contributed by atoms with Gasteiger partial charge in [-0.05, 0) is 29.7 Å². The molecular weight excluding hydrogens is 244 g/mol. The number of carbonyl (C=O) groups is 2. The fourth-order valence-electron chi connectivity index (χ4n) is 1.42. The van der Waals surface area contributed by atoms with Crippen LogP contribution in [0.3, 0.4) is 0 Å². The summed E-state index contributed by atoms with van der Waals surface area (Å²) in [5, 5.41) is 11.3. The number of carboxylic acids is 1. The monoisotopic (exact) mass is 262 g/mol. The van der Waals surface area contributed by atoms with E-state index in [0.717, 1.165) is 6.08 Å². The number of amides is 1. The normalized spacial score (nSPS) is 12.6. The highest BCUT2D eigenvalue weighted by Crippen LogP contribution is 2.13. The zero-order valence-corrected chi connectivity index (χ0v) is 11.0. The van der Waals surface area contributed by atoms with Gasteiger partial charge in [-0.15, -0.1) is 0 Å². The number of anilines is 1. The second-order valence-electron chi connectivity index (χ2n) is 4.56. The quantitative estimate of drug-likeness (QED) is 0.704. The van der Waals surface area contributed by atoms with Crippen molar-refractivity contribution in [1.82, 2.24) is 0 Å². The summed E-state index contributed by atoms with van der Waals surface area (Å²) >= 11 is 0. The van der Waals surface area contributed by atoms with Crippen LogP contribution in [-0.4, -0.2) is 23.0 Å². The minimum absolute atomic E-state index is 0.0510. The fraction of sp³-hybridized carbons (Fsp3) is 0.286. The number of hydrogen-bond donors (Lipinski definition) is 3. The lowest BCUT2D eigenvalue weighted by molar-refractivity contribution is -0.131. The Morgan fingerprint density at radius 1 is 1.37 bits per heavy atom. The van der Waals surface area contributed by atoms with Crippen molar-refractivity contribution in [2.75, 3.05) is 5.32 Å². The third kappa shape index (κ3) is 4.93. The van der Waals surface area contributed by atoms with Gasteiger partial charge in [0.05, 0.1) is 6.04 Å². The van der Waals surface area contributed by atoms with E-state index < -0.39 is 12.0 Å². The predicted molar refractivity (Wildman–Crippen MR) is 74.6 cm³/mol. The molecule has 1 aromatic carbocycles. The Balaban J connectivity index is 2.77. The predicted octanol–water partition coefficient (Wildman–Crippen LogP) is 1.71. The molecule has 0 saturated heterocycles. The first kappa shape index (κ1) is 14.9. The van der Waals surface area contributed by atoms with Gasteiger partial charge in [-0.2, -0.15) is 0 Å². The van der Waals surface area contributed by atoms with Crippen molar-refractivity contribution in [2.24, 2.45) is 11.7 Å². The average molecular weight is 262 g/mol. The molecule has 0 saturated carbocycles. The number of carbonyl (C=O) groups excluding carboxylic acids is 1. The first-order valence-corrected chi connectivity index (χ1v) is 5.97. The average Bonchev–Trinajstić information content (AvgIpc) is 2.35. The molecule has 1 rings (SSSR count). The molecule has 0 bridgehead atoms. The lowest BCUT2D eigenvalue weighted by Crippen LogP contribution is -2.39. The smallest absolute Gasteiger partial charge is 0.328 e. The van der Waals surface area contributed by atoms with Gasteiger partial charge in [0.25, 0.3) is 0 Å². The van der Waals surface area contributed by atoms with E-state index in [0.29, 0.717) is 11.3 Å². The lowest BCUT2D eigenvalue weighted by Gasteiger charge is -2.15. The van der Waals surface area contributed by atoms with Gasteiger partial charge in [-0.1, -0.05) is 26.0 Å². The van der Waals surface area contributed by atoms with E-state index >= 15 is 0 Å². The number of aliphatic carboxylic acids is 1. The molecular formula is C14H18N2O3. The van der Waals surface area contributed by atoms with Gasteiger partial charge in [-0.25, -0.2) is 4.79 Å². The maximum Gasteiger partial charge on any atom is 0.328 e. The Bertz CT molecular complexity index is 495. The minimum atomic E-state index is -1.02. The fourth-order valence-corrected chi connectivity index (χ4v) is 1.42. The van der Waals surface area contributed by atoms with Crippen LogP contribution >= 0.6 is 0 Å². The Morgan fingerprint density at radius 2 is 2.05 bits per heavy atom. The Kier molecular flexibility index (Phi) is 5.26. The van der Waals surface area contributed by atoms with Crippen LogP contribution < -0.4 is 11.1 Å². The van der Waals surface area contributed by atoms with Crippen molar-refractivity contribution in [3.63, 3.8) is 0 Å². The van der Waals surface area contributed by atoms with E-state index in [2.05, 4.69) is 5.32 Å². The molecule has 0 aliphatic rings. The number of nitrogens with two attached hydrogens (primary N) is 1.